The molecule has 0 unspecified atom stereocenters. The Morgan fingerprint density at radius 2 is 1.76 bits per heavy atom. The molecule has 1 aromatic rings. The molecular weight excluding hydrogens is 276 g/mol. The Balaban J connectivity index is 2.59. The molecule has 0 aliphatic rings. The summed E-state index contributed by atoms with van der Waals surface area (Å²) in [6.45, 7) is 2.06. The Morgan fingerprint density at radius 1 is 1.14 bits per heavy atom. The molecule has 0 saturated heterocycles. The quantitative estimate of drug-likeness (QED) is 0.610. The van der Waals surface area contributed by atoms with Crippen LogP contribution in [-0.2, 0) is 16.0 Å². The fourth-order valence-corrected chi connectivity index (χ4v) is 1.74. The lowest BCUT2D eigenvalue weighted by atomic mass is 10.1. The second-order valence-electron chi connectivity index (χ2n) is 4.53. The number of aryl methyl sites for hydroxylation is 1. The Labute approximate surface area is 122 Å². The van der Waals surface area contributed by atoms with Gasteiger partial charge in [-0.1, -0.05) is 25.5 Å². The third-order valence-corrected chi connectivity index (χ3v) is 2.73. The molecule has 1 aromatic carbocycles. The van der Waals surface area contributed by atoms with Crippen molar-refractivity contribution in [1.29, 1.82) is 0 Å². The molecule has 7 heteroatoms. The van der Waals surface area contributed by atoms with E-state index in [9.17, 15) is 14.4 Å². The van der Waals surface area contributed by atoms with Crippen LogP contribution in [0.2, 0.25) is 0 Å². The number of hydrogen-bond donors (Lipinski definition) is 4. The number of urea groups is 1. The van der Waals surface area contributed by atoms with Gasteiger partial charge in [0, 0.05) is 5.69 Å². The first-order chi connectivity index (χ1) is 9.92. The minimum absolute atomic E-state index is 0.506. The summed E-state index contributed by atoms with van der Waals surface area (Å²) in [6, 6.07) is 4.92. The summed E-state index contributed by atoms with van der Waals surface area (Å²) in [4.78, 5) is 33.0. The number of hydrogen-bond acceptors (Lipinski definition) is 3. The molecule has 4 N–H and O–H groups in total. The summed E-state index contributed by atoms with van der Waals surface area (Å²) in [5.41, 5.74) is 1.64. The fourth-order valence-electron chi connectivity index (χ4n) is 1.74. The fraction of sp³-hybridized carbons (Fsp3) is 0.357. The lowest BCUT2D eigenvalue weighted by Gasteiger charge is -2.13. The van der Waals surface area contributed by atoms with Crippen LogP contribution in [0.5, 0.6) is 0 Å². The van der Waals surface area contributed by atoms with Gasteiger partial charge in [0.05, 0.1) is 6.42 Å². The number of carbonyl (C=O) groups is 3. The van der Waals surface area contributed by atoms with Crippen LogP contribution in [0, 0.1) is 0 Å². The summed E-state index contributed by atoms with van der Waals surface area (Å²) in [5, 5.41) is 22.0. The van der Waals surface area contributed by atoms with Gasteiger partial charge in [0.2, 0.25) is 0 Å². The van der Waals surface area contributed by atoms with E-state index in [4.69, 9.17) is 10.2 Å². The number of aliphatic carboxylic acids is 2. The van der Waals surface area contributed by atoms with Gasteiger partial charge in [0.15, 0.2) is 0 Å². The van der Waals surface area contributed by atoms with Crippen LogP contribution in [-0.4, -0.2) is 34.2 Å². The van der Waals surface area contributed by atoms with Gasteiger partial charge in [-0.15, -0.1) is 0 Å². The van der Waals surface area contributed by atoms with E-state index in [-0.39, 0.29) is 0 Å². The minimum atomic E-state index is -1.47. The van der Waals surface area contributed by atoms with Crippen molar-refractivity contribution in [2.24, 2.45) is 0 Å². The second kappa shape index (κ2) is 7.88. The highest BCUT2D eigenvalue weighted by molar-refractivity contribution is 5.93. The Kier molecular flexibility index (Phi) is 6.19. The summed E-state index contributed by atoms with van der Waals surface area (Å²) in [7, 11) is 0. The molecule has 1 rings (SSSR count). The SMILES string of the molecule is CCCc1ccc(NC(=O)N[C@H](CC(=O)O)C(=O)O)cc1. The highest BCUT2D eigenvalue weighted by Crippen LogP contribution is 2.11. The number of rotatable bonds is 7. The molecule has 21 heavy (non-hydrogen) atoms. The van der Waals surface area contributed by atoms with E-state index in [0.717, 1.165) is 18.4 Å². The third kappa shape index (κ3) is 5.94. The van der Waals surface area contributed by atoms with E-state index < -0.39 is 30.4 Å². The van der Waals surface area contributed by atoms with Gasteiger partial charge in [0.25, 0.3) is 0 Å². The van der Waals surface area contributed by atoms with Crippen LogP contribution in [0.4, 0.5) is 10.5 Å². The van der Waals surface area contributed by atoms with Crippen LogP contribution >= 0.6 is 0 Å². The largest absolute Gasteiger partial charge is 0.481 e. The number of amides is 2. The molecule has 114 valence electrons. The molecule has 2 amide bonds. The third-order valence-electron chi connectivity index (χ3n) is 2.73. The average Bonchev–Trinajstić information content (AvgIpc) is 2.40. The zero-order chi connectivity index (χ0) is 15.8. The zero-order valence-electron chi connectivity index (χ0n) is 11.6. The standard InChI is InChI=1S/C14H18N2O5/c1-2-3-9-4-6-10(7-5-9)15-14(21)16-11(13(19)20)8-12(17)18/h4-7,11H,2-3,8H2,1H3,(H,17,18)(H,19,20)(H2,15,16,21)/t11-/m1/s1. The molecule has 0 heterocycles. The van der Waals surface area contributed by atoms with Crippen molar-refractivity contribution < 1.29 is 24.6 Å². The summed E-state index contributed by atoms with van der Waals surface area (Å²) in [6.07, 6.45) is 1.27. The van der Waals surface area contributed by atoms with Gasteiger partial charge < -0.3 is 20.8 Å². The van der Waals surface area contributed by atoms with Crippen LogP contribution in [0.3, 0.4) is 0 Å². The van der Waals surface area contributed by atoms with Gasteiger partial charge >= 0.3 is 18.0 Å². The van der Waals surface area contributed by atoms with Crippen LogP contribution < -0.4 is 10.6 Å². The minimum Gasteiger partial charge on any atom is -0.481 e. The first-order valence-corrected chi connectivity index (χ1v) is 6.53. The molecule has 7 nitrogen and oxygen atoms in total. The lowest BCUT2D eigenvalue weighted by molar-refractivity contribution is -0.145. The van der Waals surface area contributed by atoms with E-state index in [1.54, 1.807) is 12.1 Å². The van der Waals surface area contributed by atoms with E-state index in [1.165, 1.54) is 0 Å². The van der Waals surface area contributed by atoms with Crippen LogP contribution in [0.25, 0.3) is 0 Å². The predicted octanol–water partition coefficient (Wildman–Crippen LogP) is 1.69. The first-order valence-electron chi connectivity index (χ1n) is 6.53. The number of carbonyl (C=O) groups excluding carboxylic acids is 1. The Hall–Kier alpha value is -2.57. The Bertz CT molecular complexity index is 513. The molecule has 0 radical (unpaired) electrons. The Morgan fingerprint density at radius 3 is 2.24 bits per heavy atom. The van der Waals surface area contributed by atoms with Gasteiger partial charge in [-0.05, 0) is 24.1 Å². The first kappa shape index (κ1) is 16.5. The molecule has 0 bridgehead atoms. The van der Waals surface area contributed by atoms with Crippen molar-refractivity contribution in [3.8, 4) is 0 Å². The summed E-state index contributed by atoms with van der Waals surface area (Å²) in [5.74, 6) is -2.70. The lowest BCUT2D eigenvalue weighted by Crippen LogP contribution is -2.44. The smallest absolute Gasteiger partial charge is 0.326 e. The maximum atomic E-state index is 11.6. The van der Waals surface area contributed by atoms with E-state index in [0.29, 0.717) is 5.69 Å². The van der Waals surface area contributed by atoms with Crippen molar-refractivity contribution in [3.05, 3.63) is 29.8 Å². The molecule has 0 aliphatic heterocycles. The molecule has 0 aliphatic carbocycles. The predicted molar refractivity (Wildman–Crippen MR) is 76.3 cm³/mol. The zero-order valence-corrected chi connectivity index (χ0v) is 11.6. The maximum absolute atomic E-state index is 11.6. The van der Waals surface area contributed by atoms with E-state index in [2.05, 4.69) is 17.6 Å². The van der Waals surface area contributed by atoms with Gasteiger partial charge in [-0.25, -0.2) is 9.59 Å². The van der Waals surface area contributed by atoms with Gasteiger partial charge in [-0.2, -0.15) is 0 Å². The normalized spacial score (nSPS) is 11.5. The summed E-state index contributed by atoms with van der Waals surface area (Å²) >= 11 is 0. The number of carboxylic acids is 2. The van der Waals surface area contributed by atoms with Crippen molar-refractivity contribution in [3.63, 3.8) is 0 Å². The molecule has 0 aromatic heterocycles. The second-order valence-corrected chi connectivity index (χ2v) is 4.53. The molecule has 0 spiro atoms. The number of anilines is 1. The molecule has 1 atom stereocenters. The summed E-state index contributed by atoms with van der Waals surface area (Å²) < 4.78 is 0. The van der Waals surface area contributed by atoms with Crippen molar-refractivity contribution in [2.45, 2.75) is 32.2 Å². The van der Waals surface area contributed by atoms with Crippen molar-refractivity contribution >= 4 is 23.7 Å². The van der Waals surface area contributed by atoms with Gasteiger partial charge in [0.1, 0.15) is 6.04 Å². The van der Waals surface area contributed by atoms with Crippen molar-refractivity contribution in [2.75, 3.05) is 5.32 Å². The van der Waals surface area contributed by atoms with E-state index >= 15 is 0 Å². The molecular formula is C14H18N2O5. The monoisotopic (exact) mass is 294 g/mol. The highest BCUT2D eigenvalue weighted by atomic mass is 16.4. The van der Waals surface area contributed by atoms with Crippen molar-refractivity contribution in [1.82, 2.24) is 5.32 Å². The topological polar surface area (TPSA) is 116 Å². The van der Waals surface area contributed by atoms with E-state index in [1.807, 2.05) is 12.1 Å². The number of benzene rings is 1. The average molecular weight is 294 g/mol. The van der Waals surface area contributed by atoms with Crippen LogP contribution in [0.1, 0.15) is 25.3 Å². The molecule has 0 fully saturated rings. The number of carboxylic acid groups (broad SMARTS) is 2. The van der Waals surface area contributed by atoms with Crippen LogP contribution in [0.15, 0.2) is 24.3 Å². The maximum Gasteiger partial charge on any atom is 0.326 e. The molecule has 0 saturated carbocycles. The number of nitrogens with one attached hydrogen (secondary N) is 2. The highest BCUT2D eigenvalue weighted by Gasteiger charge is 2.22. The van der Waals surface area contributed by atoms with Gasteiger partial charge in [-0.3, -0.25) is 4.79 Å².